The summed E-state index contributed by atoms with van der Waals surface area (Å²) < 4.78 is 16.2. The van der Waals surface area contributed by atoms with Crippen LogP contribution in [0.3, 0.4) is 0 Å². The van der Waals surface area contributed by atoms with E-state index in [0.29, 0.717) is 12.4 Å². The van der Waals surface area contributed by atoms with Crippen molar-refractivity contribution in [2.45, 2.75) is 13.3 Å². The fourth-order valence-corrected chi connectivity index (χ4v) is 3.71. The molecule has 3 rings (SSSR count). The van der Waals surface area contributed by atoms with E-state index in [-0.39, 0.29) is 6.61 Å². The Labute approximate surface area is 208 Å². The van der Waals surface area contributed by atoms with Crippen LogP contribution < -0.4 is 9.47 Å². The molecule has 0 saturated heterocycles. The van der Waals surface area contributed by atoms with Gasteiger partial charge in [-0.25, -0.2) is 4.79 Å². The molecule has 182 valence electrons. The van der Waals surface area contributed by atoms with E-state index in [1.165, 1.54) is 11.6 Å². The van der Waals surface area contributed by atoms with Crippen molar-refractivity contribution in [1.29, 1.82) is 0 Å². The lowest BCUT2D eigenvalue weighted by atomic mass is 9.88. The molecule has 0 aliphatic carbocycles. The molecule has 3 aromatic carbocycles. The largest absolute Gasteiger partial charge is 0.514 e. The number of nitrogens with zero attached hydrogens (tertiary/aromatic N) is 1. The first-order chi connectivity index (χ1) is 17.0. The molecule has 0 spiro atoms. The molecule has 35 heavy (non-hydrogen) atoms. The number of hydrogen-bond donors (Lipinski definition) is 0. The Bertz CT molecular complexity index is 1130. The smallest absolute Gasteiger partial charge is 0.492 e. The van der Waals surface area contributed by atoms with E-state index in [9.17, 15) is 4.79 Å². The van der Waals surface area contributed by atoms with Crippen molar-refractivity contribution in [3.8, 4) is 11.5 Å². The van der Waals surface area contributed by atoms with Gasteiger partial charge in [0.05, 0.1) is 0 Å². The molecule has 0 aliphatic heterocycles. The second kappa shape index (κ2) is 13.2. The highest BCUT2D eigenvalue weighted by molar-refractivity contribution is 5.98. The maximum absolute atomic E-state index is 12.0. The first-order valence-corrected chi connectivity index (χ1v) is 11.7. The van der Waals surface area contributed by atoms with Crippen molar-refractivity contribution in [1.82, 2.24) is 4.90 Å². The molecule has 0 radical (unpaired) electrons. The lowest BCUT2D eigenvalue weighted by Gasteiger charge is -2.18. The van der Waals surface area contributed by atoms with E-state index < -0.39 is 6.16 Å². The zero-order chi connectivity index (χ0) is 25.0. The Hall–Kier alpha value is -3.83. The first kappa shape index (κ1) is 25.8. The number of allylic oxidation sites excluding steroid dienone is 1. The molecule has 0 saturated carbocycles. The van der Waals surface area contributed by atoms with E-state index in [0.717, 1.165) is 41.0 Å². The monoisotopic (exact) mass is 471 g/mol. The molecule has 0 amide bonds. The minimum absolute atomic E-state index is 0.0978. The summed E-state index contributed by atoms with van der Waals surface area (Å²) in [5, 5.41) is 0. The maximum Gasteiger partial charge on any atom is 0.514 e. The summed E-state index contributed by atoms with van der Waals surface area (Å²) in [7, 11) is 4.05. The second-order valence-electron chi connectivity index (χ2n) is 8.23. The fourth-order valence-electron chi connectivity index (χ4n) is 3.71. The minimum atomic E-state index is -0.759. The SMILES string of the molecule is C=CCOC(=O)Oc1cccc(/C(=C(/CC)c2ccccc2)c2ccc(OCCN(C)C)cc2)c1. The summed E-state index contributed by atoms with van der Waals surface area (Å²) in [5.74, 6) is 1.25. The van der Waals surface area contributed by atoms with Gasteiger partial charge in [0.2, 0.25) is 0 Å². The number of likely N-dealkylation sites (N-methyl/N-ethyl adjacent to an activating group) is 1. The normalized spacial score (nSPS) is 11.5. The first-order valence-electron chi connectivity index (χ1n) is 11.7. The molecule has 0 aliphatic rings. The minimum Gasteiger partial charge on any atom is -0.492 e. The molecule has 5 heteroatoms. The molecule has 3 aromatic rings. The number of benzene rings is 3. The van der Waals surface area contributed by atoms with E-state index >= 15 is 0 Å². The Morgan fingerprint density at radius 1 is 0.886 bits per heavy atom. The van der Waals surface area contributed by atoms with Gasteiger partial charge >= 0.3 is 6.16 Å². The van der Waals surface area contributed by atoms with Crippen molar-refractivity contribution < 1.29 is 19.0 Å². The van der Waals surface area contributed by atoms with Gasteiger partial charge in [-0.15, -0.1) is 0 Å². The topological polar surface area (TPSA) is 48.0 Å². The Balaban J connectivity index is 2.01. The van der Waals surface area contributed by atoms with Gasteiger partial charge in [0.1, 0.15) is 24.7 Å². The van der Waals surface area contributed by atoms with Crippen LogP contribution in [0, 0.1) is 0 Å². The van der Waals surface area contributed by atoms with Gasteiger partial charge in [-0.3, -0.25) is 0 Å². The molecule has 0 bridgehead atoms. The fraction of sp³-hybridized carbons (Fsp3) is 0.233. The summed E-state index contributed by atoms with van der Waals surface area (Å²) >= 11 is 0. The molecule has 0 fully saturated rings. The summed E-state index contributed by atoms with van der Waals surface area (Å²) in [4.78, 5) is 14.1. The van der Waals surface area contributed by atoms with Gasteiger partial charge in [0.15, 0.2) is 0 Å². The predicted octanol–water partition coefficient (Wildman–Crippen LogP) is 6.70. The van der Waals surface area contributed by atoms with E-state index in [1.54, 1.807) is 6.07 Å². The van der Waals surface area contributed by atoms with Crippen LogP contribution in [0.1, 0.15) is 30.0 Å². The summed E-state index contributed by atoms with van der Waals surface area (Å²) in [6.07, 6.45) is 1.57. The van der Waals surface area contributed by atoms with Crippen molar-refractivity contribution in [3.05, 3.63) is 108 Å². The third kappa shape index (κ3) is 7.59. The number of hydrogen-bond acceptors (Lipinski definition) is 5. The zero-order valence-corrected chi connectivity index (χ0v) is 20.7. The molecule has 5 nitrogen and oxygen atoms in total. The number of carbonyl (C=O) groups is 1. The number of carbonyl (C=O) groups excluding carboxylic acids is 1. The maximum atomic E-state index is 12.0. The number of rotatable bonds is 11. The van der Waals surface area contributed by atoms with Crippen LogP contribution in [0.5, 0.6) is 11.5 Å². The third-order valence-electron chi connectivity index (χ3n) is 5.37. The van der Waals surface area contributed by atoms with Crippen molar-refractivity contribution >= 4 is 17.3 Å². The van der Waals surface area contributed by atoms with E-state index in [2.05, 4.69) is 42.7 Å². The van der Waals surface area contributed by atoms with Crippen molar-refractivity contribution in [2.75, 3.05) is 33.9 Å². The summed E-state index contributed by atoms with van der Waals surface area (Å²) in [5.41, 5.74) is 5.41. The standard InChI is InChI=1S/C30H33NO4/c1-5-20-34-30(32)35-27-14-10-13-25(22-27)29(28(6-2)23-11-8-7-9-12-23)24-15-17-26(18-16-24)33-21-19-31(3)4/h5,7-18,22H,1,6,19-21H2,2-4H3/b29-28-. The average Bonchev–Trinajstić information content (AvgIpc) is 2.87. The quantitative estimate of drug-likeness (QED) is 0.135. The van der Waals surface area contributed by atoms with Crippen LogP contribution in [0.15, 0.2) is 91.5 Å². The number of ether oxygens (including phenoxy) is 3. The van der Waals surface area contributed by atoms with E-state index in [1.807, 2.05) is 62.6 Å². The lowest BCUT2D eigenvalue weighted by Crippen LogP contribution is -2.19. The highest BCUT2D eigenvalue weighted by atomic mass is 16.7. The molecule has 0 atom stereocenters. The van der Waals surface area contributed by atoms with Crippen LogP contribution in [-0.4, -0.2) is 44.9 Å². The van der Waals surface area contributed by atoms with Crippen LogP contribution >= 0.6 is 0 Å². The van der Waals surface area contributed by atoms with Crippen LogP contribution in [0.4, 0.5) is 4.79 Å². The molecule has 0 N–H and O–H groups in total. The highest BCUT2D eigenvalue weighted by Gasteiger charge is 2.15. The van der Waals surface area contributed by atoms with Crippen LogP contribution in [0.2, 0.25) is 0 Å². The molecule has 0 heterocycles. The van der Waals surface area contributed by atoms with Gasteiger partial charge in [-0.1, -0.05) is 74.2 Å². The highest BCUT2D eigenvalue weighted by Crippen LogP contribution is 2.36. The predicted molar refractivity (Wildman–Crippen MR) is 142 cm³/mol. The third-order valence-corrected chi connectivity index (χ3v) is 5.37. The Morgan fingerprint density at radius 3 is 2.26 bits per heavy atom. The van der Waals surface area contributed by atoms with Crippen LogP contribution in [-0.2, 0) is 4.74 Å². The molecule has 0 unspecified atom stereocenters. The molecular formula is C30H33NO4. The Kier molecular flexibility index (Phi) is 9.69. The zero-order valence-electron chi connectivity index (χ0n) is 20.7. The van der Waals surface area contributed by atoms with Gasteiger partial charge < -0.3 is 19.1 Å². The van der Waals surface area contributed by atoms with Gasteiger partial charge in [0, 0.05) is 6.54 Å². The molecule has 0 aromatic heterocycles. The van der Waals surface area contributed by atoms with E-state index in [4.69, 9.17) is 14.2 Å². The average molecular weight is 472 g/mol. The summed E-state index contributed by atoms with van der Waals surface area (Å²) in [6, 6.07) is 26.0. The molecular weight excluding hydrogens is 438 g/mol. The van der Waals surface area contributed by atoms with Gasteiger partial charge in [-0.2, -0.15) is 0 Å². The van der Waals surface area contributed by atoms with Crippen LogP contribution in [0.25, 0.3) is 11.1 Å². The van der Waals surface area contributed by atoms with Crippen molar-refractivity contribution in [2.24, 2.45) is 0 Å². The second-order valence-corrected chi connectivity index (χ2v) is 8.23. The lowest BCUT2D eigenvalue weighted by molar-refractivity contribution is 0.109. The van der Waals surface area contributed by atoms with Gasteiger partial charge in [-0.05, 0) is 72.6 Å². The summed E-state index contributed by atoms with van der Waals surface area (Å²) in [6.45, 7) is 7.27. The van der Waals surface area contributed by atoms with Gasteiger partial charge in [0.25, 0.3) is 0 Å². The van der Waals surface area contributed by atoms with Crippen molar-refractivity contribution in [3.63, 3.8) is 0 Å². The Morgan fingerprint density at radius 2 is 1.60 bits per heavy atom.